The van der Waals surface area contributed by atoms with Gasteiger partial charge in [0, 0.05) is 0 Å². The number of benzene rings is 1. The summed E-state index contributed by atoms with van der Waals surface area (Å²) in [7, 11) is 1.20. The van der Waals surface area contributed by atoms with Gasteiger partial charge in [-0.25, -0.2) is 4.79 Å². The number of hydrogen-bond acceptors (Lipinski definition) is 5. The highest BCUT2D eigenvalue weighted by molar-refractivity contribution is 5.93. The van der Waals surface area contributed by atoms with Gasteiger partial charge in [0.25, 0.3) is 5.91 Å². The molecule has 1 unspecified atom stereocenters. The molecule has 0 aromatic heterocycles. The molecular weight excluding hydrogens is 238 g/mol. The fourth-order valence-corrected chi connectivity index (χ4v) is 1.69. The van der Waals surface area contributed by atoms with E-state index in [1.165, 1.54) is 13.2 Å². The second-order valence-electron chi connectivity index (χ2n) is 3.79. The van der Waals surface area contributed by atoms with Gasteiger partial charge in [0.15, 0.2) is 6.10 Å². The number of rotatable bonds is 3. The molecule has 0 spiro atoms. The first kappa shape index (κ1) is 12.5. The van der Waals surface area contributed by atoms with Gasteiger partial charge in [0.2, 0.25) is 0 Å². The van der Waals surface area contributed by atoms with Crippen molar-refractivity contribution in [2.75, 3.05) is 18.8 Å². The monoisotopic (exact) mass is 251 g/mol. The first-order chi connectivity index (χ1) is 8.63. The number of anilines is 1. The van der Waals surface area contributed by atoms with Crippen LogP contribution < -0.4 is 5.06 Å². The summed E-state index contributed by atoms with van der Waals surface area (Å²) in [5.41, 5.74) is 0.834. The normalized spacial score (nSPS) is 16.8. The molecule has 0 saturated carbocycles. The maximum atomic E-state index is 11.5. The lowest BCUT2D eigenvalue weighted by molar-refractivity contribution is -0.150. The van der Waals surface area contributed by atoms with Gasteiger partial charge in [-0.3, -0.25) is 9.63 Å². The van der Waals surface area contributed by atoms with E-state index in [1.54, 1.807) is 18.2 Å². The largest absolute Gasteiger partial charge is 0.467 e. The van der Waals surface area contributed by atoms with Crippen LogP contribution in [0, 0.1) is 0 Å². The standard InChI is InChI=1S/C12H13NO5/c1-17-12(16)11(15)8-3-2-4-9(7-8)13-10(14)5-6-18-13/h2-4,7,11,15H,5-6H2,1H3. The Labute approximate surface area is 104 Å². The molecule has 18 heavy (non-hydrogen) atoms. The quantitative estimate of drug-likeness (QED) is 0.794. The lowest BCUT2D eigenvalue weighted by atomic mass is 10.1. The highest BCUT2D eigenvalue weighted by atomic mass is 16.7. The first-order valence-electron chi connectivity index (χ1n) is 5.45. The Hall–Kier alpha value is -1.92. The molecule has 0 radical (unpaired) electrons. The third kappa shape index (κ3) is 2.34. The second kappa shape index (κ2) is 5.16. The molecule has 1 saturated heterocycles. The lowest BCUT2D eigenvalue weighted by Gasteiger charge is -2.16. The summed E-state index contributed by atoms with van der Waals surface area (Å²) in [4.78, 5) is 27.9. The number of aliphatic hydroxyl groups excluding tert-OH is 1. The van der Waals surface area contributed by atoms with Gasteiger partial charge in [0.05, 0.1) is 25.8 Å². The van der Waals surface area contributed by atoms with Crippen molar-refractivity contribution in [1.82, 2.24) is 0 Å². The minimum absolute atomic E-state index is 0.153. The fourth-order valence-electron chi connectivity index (χ4n) is 1.69. The SMILES string of the molecule is COC(=O)C(O)c1cccc(N2OCCC2=O)c1. The van der Waals surface area contributed by atoms with Crippen LogP contribution in [0.1, 0.15) is 18.1 Å². The minimum atomic E-state index is -1.37. The van der Waals surface area contributed by atoms with E-state index in [-0.39, 0.29) is 5.91 Å². The Morgan fingerprint density at radius 2 is 2.33 bits per heavy atom. The van der Waals surface area contributed by atoms with Crippen LogP contribution in [-0.4, -0.2) is 30.7 Å². The number of nitrogens with zero attached hydrogens (tertiary/aromatic N) is 1. The third-order valence-corrected chi connectivity index (χ3v) is 2.61. The molecule has 1 aliphatic rings. The molecular formula is C12H13NO5. The summed E-state index contributed by atoms with van der Waals surface area (Å²) in [6.07, 6.45) is -1.04. The van der Waals surface area contributed by atoms with E-state index >= 15 is 0 Å². The molecule has 1 aromatic carbocycles. The third-order valence-electron chi connectivity index (χ3n) is 2.61. The van der Waals surface area contributed by atoms with Crippen molar-refractivity contribution >= 4 is 17.6 Å². The number of amides is 1. The lowest BCUT2D eigenvalue weighted by Crippen LogP contribution is -2.22. The number of esters is 1. The van der Waals surface area contributed by atoms with E-state index in [1.807, 2.05) is 0 Å². The van der Waals surface area contributed by atoms with E-state index in [4.69, 9.17) is 4.84 Å². The summed E-state index contributed by atoms with van der Waals surface area (Å²) in [5, 5.41) is 10.9. The van der Waals surface area contributed by atoms with Gasteiger partial charge in [-0.2, -0.15) is 5.06 Å². The van der Waals surface area contributed by atoms with Crippen LogP contribution in [0.5, 0.6) is 0 Å². The number of hydroxylamine groups is 1. The van der Waals surface area contributed by atoms with Crippen molar-refractivity contribution in [1.29, 1.82) is 0 Å². The summed E-state index contributed by atoms with van der Waals surface area (Å²) >= 11 is 0. The molecule has 0 bridgehead atoms. The van der Waals surface area contributed by atoms with Crippen LogP contribution in [0.15, 0.2) is 24.3 Å². The number of carbonyl (C=O) groups is 2. The molecule has 1 aliphatic heterocycles. The number of aliphatic hydroxyl groups is 1. The number of methoxy groups -OCH3 is 1. The molecule has 6 heteroatoms. The van der Waals surface area contributed by atoms with Crippen molar-refractivity contribution in [2.24, 2.45) is 0 Å². The Balaban J connectivity index is 2.24. The zero-order chi connectivity index (χ0) is 13.1. The molecule has 1 fully saturated rings. The van der Waals surface area contributed by atoms with Gasteiger partial charge in [-0.15, -0.1) is 0 Å². The van der Waals surface area contributed by atoms with Gasteiger partial charge in [-0.05, 0) is 17.7 Å². The molecule has 96 valence electrons. The topological polar surface area (TPSA) is 76.1 Å². The highest BCUT2D eigenvalue weighted by Gasteiger charge is 2.25. The smallest absolute Gasteiger partial charge is 0.339 e. The zero-order valence-electron chi connectivity index (χ0n) is 9.83. The maximum Gasteiger partial charge on any atom is 0.339 e. The average molecular weight is 251 g/mol. The summed E-state index contributed by atoms with van der Waals surface area (Å²) in [5.74, 6) is -0.902. The molecule has 6 nitrogen and oxygen atoms in total. The molecule has 1 atom stereocenters. The second-order valence-corrected chi connectivity index (χ2v) is 3.79. The summed E-state index contributed by atoms with van der Waals surface area (Å²) in [6.45, 7) is 0.336. The molecule has 2 rings (SSSR count). The Morgan fingerprint density at radius 1 is 1.56 bits per heavy atom. The van der Waals surface area contributed by atoms with Crippen molar-refractivity contribution < 1.29 is 24.3 Å². The van der Waals surface area contributed by atoms with Gasteiger partial charge in [0.1, 0.15) is 0 Å². The van der Waals surface area contributed by atoms with Crippen LogP contribution in [0.2, 0.25) is 0 Å². The van der Waals surface area contributed by atoms with Gasteiger partial charge < -0.3 is 9.84 Å². The number of carbonyl (C=O) groups excluding carboxylic acids is 2. The minimum Gasteiger partial charge on any atom is -0.467 e. The number of ether oxygens (including phenoxy) is 1. The van der Waals surface area contributed by atoms with Gasteiger partial charge >= 0.3 is 5.97 Å². The van der Waals surface area contributed by atoms with E-state index < -0.39 is 12.1 Å². The van der Waals surface area contributed by atoms with Gasteiger partial charge in [-0.1, -0.05) is 12.1 Å². The van der Waals surface area contributed by atoms with E-state index in [2.05, 4.69) is 4.74 Å². The van der Waals surface area contributed by atoms with Crippen molar-refractivity contribution in [3.63, 3.8) is 0 Å². The van der Waals surface area contributed by atoms with E-state index in [0.717, 1.165) is 5.06 Å². The first-order valence-corrected chi connectivity index (χ1v) is 5.45. The average Bonchev–Trinajstić information content (AvgIpc) is 2.83. The predicted molar refractivity (Wildman–Crippen MR) is 61.5 cm³/mol. The van der Waals surface area contributed by atoms with Crippen LogP contribution in [0.4, 0.5) is 5.69 Å². The van der Waals surface area contributed by atoms with Crippen LogP contribution in [0.25, 0.3) is 0 Å². The predicted octanol–water partition coefficient (Wildman–Crippen LogP) is 0.561. The fraction of sp³-hybridized carbons (Fsp3) is 0.333. The molecule has 0 aliphatic carbocycles. The summed E-state index contributed by atoms with van der Waals surface area (Å²) < 4.78 is 4.45. The van der Waals surface area contributed by atoms with Crippen molar-refractivity contribution in [3.05, 3.63) is 29.8 Å². The molecule has 1 amide bonds. The Kier molecular flexibility index (Phi) is 3.59. The Morgan fingerprint density at radius 3 is 2.94 bits per heavy atom. The maximum absolute atomic E-state index is 11.5. The number of hydrogen-bond donors (Lipinski definition) is 1. The van der Waals surface area contributed by atoms with E-state index in [0.29, 0.717) is 24.3 Å². The molecule has 1 N–H and O–H groups in total. The molecule has 1 heterocycles. The van der Waals surface area contributed by atoms with Crippen molar-refractivity contribution in [2.45, 2.75) is 12.5 Å². The van der Waals surface area contributed by atoms with Crippen LogP contribution in [-0.2, 0) is 19.2 Å². The molecule has 1 aromatic rings. The van der Waals surface area contributed by atoms with Crippen LogP contribution >= 0.6 is 0 Å². The Bertz CT molecular complexity index is 473. The highest BCUT2D eigenvalue weighted by Crippen LogP contribution is 2.24. The van der Waals surface area contributed by atoms with Crippen LogP contribution in [0.3, 0.4) is 0 Å². The van der Waals surface area contributed by atoms with Crippen molar-refractivity contribution in [3.8, 4) is 0 Å². The summed E-state index contributed by atoms with van der Waals surface area (Å²) in [6, 6.07) is 6.39. The van der Waals surface area contributed by atoms with E-state index in [9.17, 15) is 14.7 Å². The zero-order valence-corrected chi connectivity index (χ0v) is 9.83.